The second-order valence-corrected chi connectivity index (χ2v) is 6.19. The summed E-state index contributed by atoms with van der Waals surface area (Å²) in [4.78, 5) is 0. The third-order valence-electron chi connectivity index (χ3n) is 4.41. The third kappa shape index (κ3) is 3.97. The second kappa shape index (κ2) is 7.31. The summed E-state index contributed by atoms with van der Waals surface area (Å²) in [5, 5.41) is 4.45. The maximum Gasteiger partial charge on any atom is 0.0443 e. The van der Waals surface area contributed by atoms with Gasteiger partial charge >= 0.3 is 0 Å². The Labute approximate surface area is 122 Å². The molecule has 0 amide bonds. The van der Waals surface area contributed by atoms with E-state index in [0.717, 1.165) is 23.9 Å². The Morgan fingerprint density at radius 3 is 2.68 bits per heavy atom. The zero-order valence-corrected chi connectivity index (χ0v) is 13.0. The van der Waals surface area contributed by atoms with E-state index in [9.17, 15) is 0 Å². The quantitative estimate of drug-likeness (QED) is 0.817. The van der Waals surface area contributed by atoms with Gasteiger partial charge in [-0.15, -0.1) is 0 Å². The van der Waals surface area contributed by atoms with Crippen LogP contribution in [0.4, 0.5) is 0 Å². The maximum absolute atomic E-state index is 6.48. The van der Waals surface area contributed by atoms with Crippen LogP contribution in [-0.4, -0.2) is 13.1 Å². The largest absolute Gasteiger partial charge is 0.316 e. The first kappa shape index (κ1) is 14.9. The molecule has 0 bridgehead atoms. The van der Waals surface area contributed by atoms with Gasteiger partial charge in [-0.1, -0.05) is 37.6 Å². The second-order valence-electron chi connectivity index (χ2n) is 5.79. The van der Waals surface area contributed by atoms with Crippen molar-refractivity contribution in [3.8, 4) is 0 Å². The molecule has 1 unspecified atom stereocenters. The molecule has 1 aromatic rings. The van der Waals surface area contributed by atoms with Crippen LogP contribution < -0.4 is 5.32 Å². The predicted octanol–water partition coefficient (Wildman–Crippen LogP) is 4.79. The minimum Gasteiger partial charge on any atom is -0.316 e. The Morgan fingerprint density at radius 1 is 1.32 bits per heavy atom. The molecule has 0 spiro atoms. The molecule has 1 aromatic carbocycles. The number of benzene rings is 1. The SMILES string of the molecule is CCC(CC)c1ccc(CC2CCCNC2)cc1Cl. The Morgan fingerprint density at radius 2 is 2.11 bits per heavy atom. The van der Waals surface area contributed by atoms with E-state index >= 15 is 0 Å². The van der Waals surface area contributed by atoms with Crippen molar-refractivity contribution in [2.24, 2.45) is 5.92 Å². The summed E-state index contributed by atoms with van der Waals surface area (Å²) in [7, 11) is 0. The molecule has 1 saturated heterocycles. The van der Waals surface area contributed by atoms with E-state index in [4.69, 9.17) is 11.6 Å². The maximum atomic E-state index is 6.48. The van der Waals surface area contributed by atoms with Crippen molar-refractivity contribution in [3.63, 3.8) is 0 Å². The molecule has 1 N–H and O–H groups in total. The van der Waals surface area contributed by atoms with Gasteiger partial charge in [0.1, 0.15) is 0 Å². The topological polar surface area (TPSA) is 12.0 Å². The van der Waals surface area contributed by atoms with Crippen LogP contribution in [0.15, 0.2) is 18.2 Å². The lowest BCUT2D eigenvalue weighted by molar-refractivity contribution is 0.376. The minimum absolute atomic E-state index is 0.609. The highest BCUT2D eigenvalue weighted by Gasteiger charge is 2.15. The highest BCUT2D eigenvalue weighted by molar-refractivity contribution is 6.31. The van der Waals surface area contributed by atoms with Crippen molar-refractivity contribution < 1.29 is 0 Å². The van der Waals surface area contributed by atoms with Crippen molar-refractivity contribution in [2.45, 2.75) is 51.9 Å². The smallest absolute Gasteiger partial charge is 0.0443 e. The Balaban J connectivity index is 2.05. The lowest BCUT2D eigenvalue weighted by Crippen LogP contribution is -2.30. The van der Waals surface area contributed by atoms with E-state index in [1.54, 1.807) is 0 Å². The molecule has 1 atom stereocenters. The van der Waals surface area contributed by atoms with Gasteiger partial charge in [0.2, 0.25) is 0 Å². The fourth-order valence-corrected chi connectivity index (χ4v) is 3.55. The molecule has 1 aliphatic heterocycles. The highest BCUT2D eigenvalue weighted by atomic mass is 35.5. The number of hydrogen-bond acceptors (Lipinski definition) is 1. The summed E-state index contributed by atoms with van der Waals surface area (Å²) in [6.45, 7) is 6.83. The zero-order valence-electron chi connectivity index (χ0n) is 12.2. The third-order valence-corrected chi connectivity index (χ3v) is 4.74. The fraction of sp³-hybridized carbons (Fsp3) is 0.647. The summed E-state index contributed by atoms with van der Waals surface area (Å²) >= 11 is 6.48. The van der Waals surface area contributed by atoms with Crippen LogP contribution in [-0.2, 0) is 6.42 Å². The minimum atomic E-state index is 0.609. The molecule has 1 heterocycles. The molecule has 0 saturated carbocycles. The number of halogens is 1. The monoisotopic (exact) mass is 279 g/mol. The molecular formula is C17H26ClN. The molecule has 2 rings (SSSR count). The molecule has 2 heteroatoms. The first-order chi connectivity index (χ1) is 9.24. The Bertz CT molecular complexity index is 392. The van der Waals surface area contributed by atoms with E-state index in [0.29, 0.717) is 5.92 Å². The molecule has 19 heavy (non-hydrogen) atoms. The molecule has 106 valence electrons. The van der Waals surface area contributed by atoms with Crippen molar-refractivity contribution in [1.82, 2.24) is 5.32 Å². The van der Waals surface area contributed by atoms with Gasteiger partial charge in [0.25, 0.3) is 0 Å². The van der Waals surface area contributed by atoms with Crippen LogP contribution in [0.5, 0.6) is 0 Å². The molecule has 0 aliphatic carbocycles. The standard InChI is InChI=1S/C17H26ClN/c1-3-15(4-2)16-8-7-13(11-17(16)18)10-14-6-5-9-19-12-14/h7-8,11,14-15,19H,3-6,9-10,12H2,1-2H3. The number of rotatable bonds is 5. The Kier molecular flexibility index (Phi) is 5.72. The van der Waals surface area contributed by atoms with Gasteiger partial charge in [0, 0.05) is 5.02 Å². The van der Waals surface area contributed by atoms with Gasteiger partial charge in [0.05, 0.1) is 0 Å². The van der Waals surface area contributed by atoms with Gasteiger partial charge in [-0.2, -0.15) is 0 Å². The summed E-state index contributed by atoms with van der Waals surface area (Å²) in [6.07, 6.45) is 6.16. The average molecular weight is 280 g/mol. The van der Waals surface area contributed by atoms with Crippen LogP contribution in [0.2, 0.25) is 5.02 Å². The van der Waals surface area contributed by atoms with Gasteiger partial charge in [-0.05, 0) is 74.2 Å². The summed E-state index contributed by atoms with van der Waals surface area (Å²) in [5.74, 6) is 1.39. The summed E-state index contributed by atoms with van der Waals surface area (Å²) < 4.78 is 0. The van der Waals surface area contributed by atoms with Crippen LogP contribution >= 0.6 is 11.6 Å². The molecule has 1 fully saturated rings. The number of piperidine rings is 1. The van der Waals surface area contributed by atoms with Crippen molar-refractivity contribution in [3.05, 3.63) is 34.3 Å². The summed E-state index contributed by atoms with van der Waals surface area (Å²) in [5.41, 5.74) is 2.73. The summed E-state index contributed by atoms with van der Waals surface area (Å²) in [6, 6.07) is 6.74. The fourth-order valence-electron chi connectivity index (χ4n) is 3.19. The molecule has 0 radical (unpaired) electrons. The van der Waals surface area contributed by atoms with E-state index in [2.05, 4.69) is 37.4 Å². The van der Waals surface area contributed by atoms with Crippen LogP contribution in [0, 0.1) is 5.92 Å². The lowest BCUT2D eigenvalue weighted by Gasteiger charge is -2.23. The zero-order chi connectivity index (χ0) is 13.7. The normalized spacial score (nSPS) is 19.9. The molecule has 0 aromatic heterocycles. The number of nitrogens with one attached hydrogen (secondary N) is 1. The first-order valence-corrected chi connectivity index (χ1v) is 8.11. The van der Waals surface area contributed by atoms with E-state index in [-0.39, 0.29) is 0 Å². The molecule has 1 nitrogen and oxygen atoms in total. The Hall–Kier alpha value is -0.530. The highest BCUT2D eigenvalue weighted by Crippen LogP contribution is 2.31. The van der Waals surface area contributed by atoms with Gasteiger partial charge in [0.15, 0.2) is 0 Å². The van der Waals surface area contributed by atoms with Crippen molar-refractivity contribution >= 4 is 11.6 Å². The van der Waals surface area contributed by atoms with E-state index < -0.39 is 0 Å². The van der Waals surface area contributed by atoms with Gasteiger partial charge in [-0.3, -0.25) is 0 Å². The van der Waals surface area contributed by atoms with Crippen LogP contribution in [0.3, 0.4) is 0 Å². The first-order valence-electron chi connectivity index (χ1n) is 7.73. The molecule has 1 aliphatic rings. The van der Waals surface area contributed by atoms with Crippen LogP contribution in [0.1, 0.15) is 56.6 Å². The van der Waals surface area contributed by atoms with E-state index in [1.807, 2.05) is 0 Å². The van der Waals surface area contributed by atoms with Gasteiger partial charge < -0.3 is 5.32 Å². The van der Waals surface area contributed by atoms with Crippen LogP contribution in [0.25, 0.3) is 0 Å². The predicted molar refractivity (Wildman–Crippen MR) is 84.1 cm³/mol. The van der Waals surface area contributed by atoms with Crippen molar-refractivity contribution in [2.75, 3.05) is 13.1 Å². The lowest BCUT2D eigenvalue weighted by atomic mass is 9.89. The van der Waals surface area contributed by atoms with E-state index in [1.165, 1.54) is 43.4 Å². The number of hydrogen-bond donors (Lipinski definition) is 1. The molecular weight excluding hydrogens is 254 g/mol. The van der Waals surface area contributed by atoms with Crippen molar-refractivity contribution in [1.29, 1.82) is 0 Å². The average Bonchev–Trinajstić information content (AvgIpc) is 2.43. The van der Waals surface area contributed by atoms with Gasteiger partial charge in [-0.25, -0.2) is 0 Å².